The number of halogens is 1. The number of aryl methyl sites for hydroxylation is 2. The average Bonchev–Trinajstić information content (AvgIpc) is 2.91. The molecule has 0 amide bonds. The van der Waals surface area contributed by atoms with E-state index in [2.05, 4.69) is 43.6 Å². The molecule has 0 spiro atoms. The summed E-state index contributed by atoms with van der Waals surface area (Å²) in [6.45, 7) is 16.9. The highest BCUT2D eigenvalue weighted by Crippen LogP contribution is 2.40. The smallest absolute Gasteiger partial charge is 0.303 e. The van der Waals surface area contributed by atoms with Crippen LogP contribution in [0.5, 0.6) is 0 Å². The predicted octanol–water partition coefficient (Wildman–Crippen LogP) is 7.81. The normalized spacial score (nSPS) is 23.5. The standard InChI is InChI=1S/C33H55BrO7/c1-8-12-16-36-22-27-29(37-17-13-9-2)31(38-18-14-10-3)32(39-19-15-11-4)33(41-27)30(40-25(7)35)28-23(5)20-26(34)21-24(28)6/h20-21,27,29-33H,8-19,22H2,1-7H3/t27?,29-,30+,31?,32?,33-/m1/s1. The van der Waals surface area contributed by atoms with Crippen LogP contribution in [0.25, 0.3) is 0 Å². The molecule has 1 heterocycles. The highest BCUT2D eigenvalue weighted by molar-refractivity contribution is 9.10. The van der Waals surface area contributed by atoms with E-state index >= 15 is 0 Å². The van der Waals surface area contributed by atoms with E-state index in [0.29, 0.717) is 33.0 Å². The van der Waals surface area contributed by atoms with E-state index in [1.807, 2.05) is 26.0 Å². The van der Waals surface area contributed by atoms with Crippen LogP contribution < -0.4 is 0 Å². The summed E-state index contributed by atoms with van der Waals surface area (Å²) in [4.78, 5) is 12.6. The first kappa shape index (κ1) is 36.2. The maximum absolute atomic E-state index is 12.6. The van der Waals surface area contributed by atoms with Gasteiger partial charge in [0.25, 0.3) is 0 Å². The Kier molecular flexibility index (Phi) is 17.7. The molecular formula is C33H55BrO7. The van der Waals surface area contributed by atoms with E-state index in [1.165, 1.54) is 6.92 Å². The lowest BCUT2D eigenvalue weighted by molar-refractivity contribution is -0.283. The van der Waals surface area contributed by atoms with E-state index in [4.69, 9.17) is 28.4 Å². The molecule has 3 unspecified atom stereocenters. The molecule has 0 bridgehead atoms. The SMILES string of the molecule is CCCCOCC1O[C@H]([C@@H](OC(C)=O)c2c(C)cc(Br)cc2C)C(OCCCC)C(OCCCC)[C@@H]1OCCCC. The summed E-state index contributed by atoms with van der Waals surface area (Å²) in [7, 11) is 0. The van der Waals surface area contributed by atoms with Gasteiger partial charge in [0.15, 0.2) is 6.10 Å². The highest BCUT2D eigenvalue weighted by Gasteiger charge is 2.52. The highest BCUT2D eigenvalue weighted by atomic mass is 79.9. The largest absolute Gasteiger partial charge is 0.455 e. The maximum Gasteiger partial charge on any atom is 0.303 e. The van der Waals surface area contributed by atoms with E-state index < -0.39 is 30.5 Å². The Bertz CT molecular complexity index is 856. The Hall–Kier alpha value is -1.03. The topological polar surface area (TPSA) is 72.5 Å². The number of benzene rings is 1. The lowest BCUT2D eigenvalue weighted by Crippen LogP contribution is -2.63. The predicted molar refractivity (Wildman–Crippen MR) is 166 cm³/mol. The molecule has 1 aliphatic heterocycles. The van der Waals surface area contributed by atoms with Crippen molar-refractivity contribution >= 4 is 21.9 Å². The van der Waals surface area contributed by atoms with Crippen LogP contribution in [-0.2, 0) is 33.2 Å². The molecule has 236 valence electrons. The summed E-state index contributed by atoms with van der Waals surface area (Å²) in [5, 5.41) is 0. The van der Waals surface area contributed by atoms with E-state index in [9.17, 15) is 4.79 Å². The van der Waals surface area contributed by atoms with Crippen LogP contribution in [0.4, 0.5) is 0 Å². The average molecular weight is 644 g/mol. The van der Waals surface area contributed by atoms with Crippen molar-refractivity contribution in [3.8, 4) is 0 Å². The van der Waals surface area contributed by atoms with Gasteiger partial charge < -0.3 is 28.4 Å². The molecule has 6 atom stereocenters. The van der Waals surface area contributed by atoms with Crippen LogP contribution in [0, 0.1) is 13.8 Å². The third-order valence-corrected chi connectivity index (χ3v) is 7.91. The van der Waals surface area contributed by atoms with Crippen molar-refractivity contribution in [3.05, 3.63) is 33.3 Å². The molecule has 1 aromatic rings. The van der Waals surface area contributed by atoms with Gasteiger partial charge in [-0.05, 0) is 62.8 Å². The second-order valence-corrected chi connectivity index (χ2v) is 12.0. The second kappa shape index (κ2) is 20.0. The van der Waals surface area contributed by atoms with Crippen molar-refractivity contribution in [2.45, 2.75) is 136 Å². The zero-order valence-electron chi connectivity index (χ0n) is 26.5. The van der Waals surface area contributed by atoms with Crippen LogP contribution >= 0.6 is 15.9 Å². The van der Waals surface area contributed by atoms with Crippen molar-refractivity contribution in [2.75, 3.05) is 33.0 Å². The maximum atomic E-state index is 12.6. The molecule has 0 aromatic heterocycles. The number of hydrogen-bond donors (Lipinski definition) is 0. The number of ether oxygens (including phenoxy) is 6. The van der Waals surface area contributed by atoms with Gasteiger partial charge in [0.1, 0.15) is 30.5 Å². The van der Waals surface area contributed by atoms with Gasteiger partial charge in [-0.2, -0.15) is 0 Å². The molecule has 0 N–H and O–H groups in total. The molecule has 0 radical (unpaired) electrons. The Balaban J connectivity index is 2.62. The lowest BCUT2D eigenvalue weighted by atomic mass is 9.86. The van der Waals surface area contributed by atoms with Gasteiger partial charge in [-0.3, -0.25) is 4.79 Å². The molecule has 0 aliphatic carbocycles. The molecule has 0 saturated carbocycles. The van der Waals surface area contributed by atoms with Gasteiger partial charge in [-0.25, -0.2) is 0 Å². The van der Waals surface area contributed by atoms with Crippen molar-refractivity contribution < 1.29 is 33.2 Å². The van der Waals surface area contributed by atoms with Crippen LogP contribution in [0.1, 0.15) is 109 Å². The van der Waals surface area contributed by atoms with Crippen molar-refractivity contribution in [2.24, 2.45) is 0 Å². The molecule has 41 heavy (non-hydrogen) atoms. The fourth-order valence-corrected chi connectivity index (χ4v) is 5.97. The minimum absolute atomic E-state index is 0.367. The van der Waals surface area contributed by atoms with Gasteiger partial charge in [-0.1, -0.05) is 69.3 Å². The number of rotatable bonds is 20. The van der Waals surface area contributed by atoms with E-state index in [1.54, 1.807) is 0 Å². The third-order valence-electron chi connectivity index (χ3n) is 7.45. The van der Waals surface area contributed by atoms with Crippen molar-refractivity contribution in [1.82, 2.24) is 0 Å². The van der Waals surface area contributed by atoms with Gasteiger partial charge in [0.2, 0.25) is 0 Å². The molecule has 1 aromatic carbocycles. The Morgan fingerprint density at radius 3 is 1.80 bits per heavy atom. The van der Waals surface area contributed by atoms with Gasteiger partial charge in [-0.15, -0.1) is 0 Å². The molecule has 1 fully saturated rings. The zero-order valence-corrected chi connectivity index (χ0v) is 28.1. The number of hydrogen-bond acceptors (Lipinski definition) is 7. The summed E-state index contributed by atoms with van der Waals surface area (Å²) in [6.07, 6.45) is 4.91. The Morgan fingerprint density at radius 2 is 1.29 bits per heavy atom. The number of unbranched alkanes of at least 4 members (excludes halogenated alkanes) is 4. The first-order valence-corrected chi connectivity index (χ1v) is 16.6. The molecule has 1 aliphatic rings. The molecule has 8 heteroatoms. The number of carbonyl (C=O) groups is 1. The first-order chi connectivity index (χ1) is 19.8. The first-order valence-electron chi connectivity index (χ1n) is 15.8. The Morgan fingerprint density at radius 1 is 0.805 bits per heavy atom. The minimum Gasteiger partial charge on any atom is -0.455 e. The summed E-state index contributed by atoms with van der Waals surface area (Å²) in [5.41, 5.74) is 2.96. The minimum atomic E-state index is -0.681. The summed E-state index contributed by atoms with van der Waals surface area (Å²) in [6, 6.07) is 4.09. The van der Waals surface area contributed by atoms with Crippen LogP contribution in [0.3, 0.4) is 0 Å². The van der Waals surface area contributed by atoms with Crippen molar-refractivity contribution in [3.63, 3.8) is 0 Å². The summed E-state index contributed by atoms with van der Waals surface area (Å²) >= 11 is 3.61. The quantitative estimate of drug-likeness (QED) is 0.106. The van der Waals surface area contributed by atoms with Crippen LogP contribution in [0.2, 0.25) is 0 Å². The van der Waals surface area contributed by atoms with Crippen LogP contribution in [-0.4, -0.2) is 69.5 Å². The van der Waals surface area contributed by atoms with Crippen LogP contribution in [0.15, 0.2) is 16.6 Å². The lowest BCUT2D eigenvalue weighted by Gasteiger charge is -2.48. The van der Waals surface area contributed by atoms with Gasteiger partial charge in [0.05, 0.1) is 6.61 Å². The van der Waals surface area contributed by atoms with Gasteiger partial charge >= 0.3 is 5.97 Å². The molecule has 2 rings (SSSR count). The molecule has 1 saturated heterocycles. The monoisotopic (exact) mass is 642 g/mol. The zero-order chi connectivity index (χ0) is 30.2. The fraction of sp³-hybridized carbons (Fsp3) is 0.788. The van der Waals surface area contributed by atoms with E-state index in [0.717, 1.165) is 72.5 Å². The summed E-state index contributed by atoms with van der Waals surface area (Å²) in [5.74, 6) is -0.367. The summed E-state index contributed by atoms with van der Waals surface area (Å²) < 4.78 is 39.9. The van der Waals surface area contributed by atoms with Gasteiger partial charge in [0, 0.05) is 43.4 Å². The molecule has 7 nitrogen and oxygen atoms in total. The number of carbonyl (C=O) groups excluding carboxylic acids is 1. The fourth-order valence-electron chi connectivity index (χ4n) is 5.28. The second-order valence-electron chi connectivity index (χ2n) is 11.1. The Labute approximate surface area is 257 Å². The number of esters is 1. The third kappa shape index (κ3) is 11.5. The van der Waals surface area contributed by atoms with Crippen molar-refractivity contribution in [1.29, 1.82) is 0 Å². The molecular weight excluding hydrogens is 588 g/mol. The van der Waals surface area contributed by atoms with E-state index in [-0.39, 0.29) is 12.1 Å².